The molecule has 198 valence electrons. The zero-order valence-electron chi connectivity index (χ0n) is 20.4. The van der Waals surface area contributed by atoms with Gasteiger partial charge in [0.05, 0.1) is 4.91 Å². The van der Waals surface area contributed by atoms with E-state index in [9.17, 15) is 26.7 Å². The fraction of sp³-hybridized carbons (Fsp3) is 0.577. The van der Waals surface area contributed by atoms with Crippen molar-refractivity contribution in [3.05, 3.63) is 53.0 Å². The predicted octanol–water partition coefficient (Wildman–Crippen LogP) is 5.46. The zero-order valence-corrected chi connectivity index (χ0v) is 22.0. The van der Waals surface area contributed by atoms with Gasteiger partial charge in [0, 0.05) is 42.6 Å². The molecule has 36 heavy (non-hydrogen) atoms. The Morgan fingerprint density at radius 1 is 1.08 bits per heavy atom. The van der Waals surface area contributed by atoms with E-state index in [1.807, 2.05) is 6.08 Å². The van der Waals surface area contributed by atoms with Gasteiger partial charge in [0.15, 0.2) is 5.60 Å². The first-order chi connectivity index (χ1) is 16.9. The Hall–Kier alpha value is -1.75. The summed E-state index contributed by atoms with van der Waals surface area (Å²) in [6.45, 7) is 1.72. The maximum atomic E-state index is 13.5. The fourth-order valence-corrected chi connectivity index (χ4v) is 7.50. The van der Waals surface area contributed by atoms with Crippen molar-refractivity contribution in [2.75, 3.05) is 24.5 Å². The van der Waals surface area contributed by atoms with E-state index in [1.54, 1.807) is 24.3 Å². The minimum absolute atomic E-state index is 0.112. The van der Waals surface area contributed by atoms with Crippen molar-refractivity contribution in [3.63, 3.8) is 0 Å². The number of benzene rings is 1. The molecule has 0 bridgehead atoms. The van der Waals surface area contributed by atoms with Gasteiger partial charge in [0.2, 0.25) is 10.0 Å². The van der Waals surface area contributed by atoms with Crippen molar-refractivity contribution >= 4 is 32.8 Å². The third kappa shape index (κ3) is 5.56. The Labute approximate surface area is 216 Å². The Balaban J connectivity index is 1.59. The Kier molecular flexibility index (Phi) is 8.00. The smallest absolute Gasteiger partial charge is 0.376 e. The largest absolute Gasteiger partial charge is 0.421 e. The number of piperazine rings is 1. The molecule has 1 aromatic carbocycles. The summed E-state index contributed by atoms with van der Waals surface area (Å²) >= 11 is 5.34. The summed E-state index contributed by atoms with van der Waals surface area (Å²) < 4.78 is 68.3. The molecule has 10 heteroatoms. The van der Waals surface area contributed by atoms with Gasteiger partial charge < -0.3 is 10.0 Å². The van der Waals surface area contributed by atoms with Crippen molar-refractivity contribution in [2.24, 2.45) is 5.92 Å². The van der Waals surface area contributed by atoms with Crippen LogP contribution in [0.3, 0.4) is 0 Å². The minimum Gasteiger partial charge on any atom is -0.376 e. The number of halogens is 3. The second kappa shape index (κ2) is 10.6. The summed E-state index contributed by atoms with van der Waals surface area (Å²) in [5.74, 6) is 0.483. The summed E-state index contributed by atoms with van der Waals surface area (Å²) in [7, 11) is -3.74. The van der Waals surface area contributed by atoms with E-state index in [4.69, 9.17) is 12.2 Å². The Morgan fingerprint density at radius 3 is 2.36 bits per heavy atom. The standard InChI is InChI=1S/C26H33F3N2O3S2/c1-25(32,26(27,28)29)20-11-13-21(14-12-20)31-16-15-30(18-22(31)17-19-7-3-2-4-8-19)36(33,34)24-10-6-5-9-23(24)35/h5-6,10-14,19,22,32H,2-4,7-9,15-18H2,1H3/t22-,25+/m0/s1. The van der Waals surface area contributed by atoms with Crippen molar-refractivity contribution < 1.29 is 26.7 Å². The van der Waals surface area contributed by atoms with E-state index in [0.29, 0.717) is 30.3 Å². The van der Waals surface area contributed by atoms with Crippen LogP contribution in [-0.2, 0) is 15.6 Å². The quantitative estimate of drug-likeness (QED) is 0.484. The lowest BCUT2D eigenvalue weighted by molar-refractivity contribution is -0.258. The summed E-state index contributed by atoms with van der Waals surface area (Å²) in [5.41, 5.74) is -2.44. The van der Waals surface area contributed by atoms with E-state index >= 15 is 0 Å². The molecule has 2 fully saturated rings. The van der Waals surface area contributed by atoms with Gasteiger partial charge in [-0.25, -0.2) is 8.42 Å². The van der Waals surface area contributed by atoms with Gasteiger partial charge in [-0.2, -0.15) is 17.5 Å². The highest BCUT2D eigenvalue weighted by Crippen LogP contribution is 2.39. The Morgan fingerprint density at radius 2 is 1.75 bits per heavy atom. The minimum atomic E-state index is -4.79. The maximum Gasteiger partial charge on any atom is 0.421 e. The molecule has 0 spiro atoms. The molecule has 0 amide bonds. The van der Waals surface area contributed by atoms with Gasteiger partial charge in [-0.1, -0.05) is 68.6 Å². The van der Waals surface area contributed by atoms with Crippen molar-refractivity contribution in [1.82, 2.24) is 4.31 Å². The second-order valence-corrected chi connectivity index (χ2v) is 12.6. The lowest BCUT2D eigenvalue weighted by atomic mass is 9.84. The van der Waals surface area contributed by atoms with Crippen LogP contribution in [0.2, 0.25) is 0 Å². The number of hydrogen-bond donors (Lipinski definition) is 1. The number of thiocarbonyl (C=S) groups is 1. The van der Waals surface area contributed by atoms with E-state index in [-0.39, 0.29) is 23.1 Å². The normalized spacial score (nSPS) is 24.5. The number of hydrogen-bond acceptors (Lipinski definition) is 5. The van der Waals surface area contributed by atoms with Crippen LogP contribution in [0, 0.1) is 5.92 Å². The number of nitrogens with zero attached hydrogens (tertiary/aromatic N) is 2. The molecule has 0 aromatic heterocycles. The monoisotopic (exact) mass is 542 g/mol. The average Bonchev–Trinajstić information content (AvgIpc) is 2.84. The number of allylic oxidation sites excluding steroid dienone is 4. The van der Waals surface area contributed by atoms with Crippen LogP contribution in [0.5, 0.6) is 0 Å². The molecule has 0 radical (unpaired) electrons. The molecule has 1 aliphatic heterocycles. The van der Waals surface area contributed by atoms with Crippen LogP contribution in [0.15, 0.2) is 47.4 Å². The van der Waals surface area contributed by atoms with Crippen molar-refractivity contribution in [3.8, 4) is 0 Å². The molecular weight excluding hydrogens is 509 g/mol. The van der Waals surface area contributed by atoms with Crippen LogP contribution in [-0.4, -0.2) is 54.5 Å². The maximum absolute atomic E-state index is 13.5. The molecule has 3 aliphatic rings. The van der Waals surface area contributed by atoms with Gasteiger partial charge in [0.1, 0.15) is 0 Å². The number of aliphatic hydroxyl groups is 1. The summed E-state index contributed by atoms with van der Waals surface area (Å²) in [6, 6.07) is 5.69. The van der Waals surface area contributed by atoms with Gasteiger partial charge >= 0.3 is 6.18 Å². The summed E-state index contributed by atoms with van der Waals surface area (Å²) in [4.78, 5) is 2.71. The van der Waals surface area contributed by atoms with Gasteiger partial charge in [-0.15, -0.1) is 0 Å². The molecule has 5 nitrogen and oxygen atoms in total. The van der Waals surface area contributed by atoms with E-state index in [0.717, 1.165) is 44.7 Å². The molecule has 1 aromatic rings. The van der Waals surface area contributed by atoms with E-state index < -0.39 is 21.8 Å². The number of sulfonamides is 1. The van der Waals surface area contributed by atoms with Gasteiger partial charge in [-0.3, -0.25) is 0 Å². The lowest BCUT2D eigenvalue weighted by Gasteiger charge is -2.44. The second-order valence-electron chi connectivity index (χ2n) is 10.2. The molecule has 4 rings (SSSR count). The number of anilines is 1. The van der Waals surface area contributed by atoms with Crippen LogP contribution < -0.4 is 4.90 Å². The SMILES string of the molecule is C[C@@](O)(c1ccc(N2CCN(S(=O)(=O)C3=CC=CCC3=S)C[C@@H]2CC2CCCCC2)cc1)C(F)(F)F. The third-order valence-electron chi connectivity index (χ3n) is 7.67. The van der Waals surface area contributed by atoms with Crippen molar-refractivity contribution in [2.45, 2.75) is 69.7 Å². The molecule has 2 aliphatic carbocycles. The highest BCUT2D eigenvalue weighted by atomic mass is 32.2. The first-order valence-corrected chi connectivity index (χ1v) is 14.3. The topological polar surface area (TPSA) is 60.9 Å². The van der Waals surface area contributed by atoms with Gasteiger partial charge in [-0.05, 0) is 43.0 Å². The molecule has 2 atom stereocenters. The van der Waals surface area contributed by atoms with Crippen LogP contribution in [0.25, 0.3) is 0 Å². The van der Waals surface area contributed by atoms with Crippen LogP contribution in [0.1, 0.15) is 57.4 Å². The molecular formula is C26H33F3N2O3S2. The predicted molar refractivity (Wildman–Crippen MR) is 139 cm³/mol. The number of rotatable bonds is 6. The first-order valence-electron chi connectivity index (χ1n) is 12.5. The summed E-state index contributed by atoms with van der Waals surface area (Å²) in [6.07, 6.45) is 7.32. The highest BCUT2D eigenvalue weighted by molar-refractivity contribution is 7.96. The Bertz CT molecular complexity index is 1120. The fourth-order valence-electron chi connectivity index (χ4n) is 5.43. The molecule has 1 saturated heterocycles. The molecule has 1 heterocycles. The number of alkyl halides is 3. The van der Waals surface area contributed by atoms with Gasteiger partial charge in [0.25, 0.3) is 0 Å². The lowest BCUT2D eigenvalue weighted by Crippen LogP contribution is -2.56. The third-order valence-corrected chi connectivity index (χ3v) is 10.1. The van der Waals surface area contributed by atoms with E-state index in [1.165, 1.54) is 22.9 Å². The summed E-state index contributed by atoms with van der Waals surface area (Å²) in [5, 5.41) is 10.0. The van der Waals surface area contributed by atoms with E-state index in [2.05, 4.69) is 4.90 Å². The van der Waals surface area contributed by atoms with Crippen LogP contribution >= 0.6 is 12.2 Å². The molecule has 1 N–H and O–H groups in total. The highest BCUT2D eigenvalue weighted by Gasteiger charge is 2.51. The van der Waals surface area contributed by atoms with Crippen molar-refractivity contribution in [1.29, 1.82) is 0 Å². The average molecular weight is 543 g/mol. The zero-order chi connectivity index (χ0) is 26.1. The first kappa shape index (κ1) is 27.3. The van der Waals surface area contributed by atoms with Crippen LogP contribution in [0.4, 0.5) is 18.9 Å². The molecule has 0 unspecified atom stereocenters. The molecule has 1 saturated carbocycles.